The molecule has 0 bridgehead atoms. The molecule has 0 heterocycles. The monoisotopic (exact) mass is 387 g/mol. The van der Waals surface area contributed by atoms with Crippen molar-refractivity contribution in [1.82, 2.24) is 4.72 Å². The van der Waals surface area contributed by atoms with Crippen molar-refractivity contribution in [1.29, 1.82) is 0 Å². The molecule has 2 aromatic carbocycles. The summed E-state index contributed by atoms with van der Waals surface area (Å²) >= 11 is 11.7. The summed E-state index contributed by atoms with van der Waals surface area (Å²) in [6.45, 7) is 1.69. The predicted octanol–water partition coefficient (Wildman–Crippen LogP) is 3.52. The number of hydrogen-bond acceptors (Lipinski definition) is 3. The first-order valence-corrected chi connectivity index (χ1v) is 9.22. The molecule has 0 aromatic heterocycles. The van der Waals surface area contributed by atoms with Crippen LogP contribution in [-0.4, -0.2) is 26.0 Å². The minimum Gasteiger partial charge on any atom is -0.478 e. The van der Waals surface area contributed by atoms with Crippen LogP contribution in [0.15, 0.2) is 41.3 Å². The largest absolute Gasteiger partial charge is 0.478 e. The summed E-state index contributed by atoms with van der Waals surface area (Å²) in [5.41, 5.74) is 1.11. The van der Waals surface area contributed by atoms with Gasteiger partial charge in [0, 0.05) is 16.6 Å². The lowest BCUT2D eigenvalue weighted by atomic mass is 10.1. The van der Waals surface area contributed by atoms with E-state index in [1.165, 1.54) is 13.0 Å². The van der Waals surface area contributed by atoms with Gasteiger partial charge in [0.25, 0.3) is 0 Å². The normalized spacial score (nSPS) is 11.5. The fourth-order valence-electron chi connectivity index (χ4n) is 2.10. The predicted molar refractivity (Wildman–Crippen MR) is 93.5 cm³/mol. The molecule has 0 spiro atoms. The Kier molecular flexibility index (Phi) is 5.87. The molecule has 0 atom stereocenters. The molecule has 2 aromatic rings. The third-order valence-corrected chi connectivity index (χ3v) is 5.56. The summed E-state index contributed by atoms with van der Waals surface area (Å²) in [5.74, 6) is -1.23. The number of carboxylic acids is 1. The van der Waals surface area contributed by atoms with E-state index in [2.05, 4.69) is 4.72 Å². The Hall–Kier alpha value is -1.60. The minimum absolute atomic E-state index is 0.0907. The number of sulfonamides is 1. The average molecular weight is 388 g/mol. The van der Waals surface area contributed by atoms with Crippen LogP contribution in [0.2, 0.25) is 10.0 Å². The third kappa shape index (κ3) is 4.48. The highest BCUT2D eigenvalue weighted by atomic mass is 35.5. The van der Waals surface area contributed by atoms with Crippen molar-refractivity contribution in [2.24, 2.45) is 0 Å². The summed E-state index contributed by atoms with van der Waals surface area (Å²) in [7, 11) is -3.86. The van der Waals surface area contributed by atoms with Gasteiger partial charge in [0.15, 0.2) is 0 Å². The molecule has 0 aliphatic carbocycles. The molecule has 0 unspecified atom stereocenters. The van der Waals surface area contributed by atoms with E-state index in [1.807, 2.05) is 12.1 Å². The summed E-state index contributed by atoms with van der Waals surface area (Å²) in [6.07, 6.45) is 0.474. The van der Waals surface area contributed by atoms with E-state index in [-0.39, 0.29) is 22.0 Å². The second kappa shape index (κ2) is 7.53. The second-order valence-corrected chi connectivity index (χ2v) is 7.77. The molecule has 0 aliphatic heterocycles. The van der Waals surface area contributed by atoms with E-state index in [4.69, 9.17) is 28.3 Å². The molecule has 24 heavy (non-hydrogen) atoms. The van der Waals surface area contributed by atoms with E-state index in [0.29, 0.717) is 17.0 Å². The van der Waals surface area contributed by atoms with Crippen molar-refractivity contribution >= 4 is 39.2 Å². The first-order valence-electron chi connectivity index (χ1n) is 6.98. The molecule has 5 nitrogen and oxygen atoms in total. The zero-order valence-corrected chi connectivity index (χ0v) is 15.0. The molecule has 0 saturated heterocycles. The number of carbonyl (C=O) groups is 1. The van der Waals surface area contributed by atoms with Crippen LogP contribution in [-0.2, 0) is 16.4 Å². The number of hydrogen-bond donors (Lipinski definition) is 2. The summed E-state index contributed by atoms with van der Waals surface area (Å²) in [5, 5.41) is 9.84. The topological polar surface area (TPSA) is 83.5 Å². The zero-order chi connectivity index (χ0) is 17.9. The first kappa shape index (κ1) is 18.7. The Morgan fingerprint density at radius 3 is 2.38 bits per heavy atom. The molecule has 0 aliphatic rings. The molecule has 0 fully saturated rings. The highest BCUT2D eigenvalue weighted by molar-refractivity contribution is 7.89. The number of aromatic carboxylic acids is 1. The van der Waals surface area contributed by atoms with Crippen LogP contribution in [0.5, 0.6) is 0 Å². The number of carboxylic acid groups (broad SMARTS) is 1. The van der Waals surface area contributed by atoms with E-state index < -0.39 is 16.0 Å². The van der Waals surface area contributed by atoms with Crippen molar-refractivity contribution in [3.63, 3.8) is 0 Å². The molecule has 0 saturated carbocycles. The maximum absolute atomic E-state index is 12.3. The molecule has 128 valence electrons. The smallest absolute Gasteiger partial charge is 0.336 e. The Bertz CT molecular complexity index is 864. The minimum atomic E-state index is -3.86. The highest BCUT2D eigenvalue weighted by Gasteiger charge is 2.19. The Morgan fingerprint density at radius 1 is 1.17 bits per heavy atom. The summed E-state index contributed by atoms with van der Waals surface area (Å²) in [4.78, 5) is 11.0. The van der Waals surface area contributed by atoms with E-state index in [9.17, 15) is 13.2 Å². The van der Waals surface area contributed by atoms with Crippen LogP contribution in [0, 0.1) is 6.92 Å². The SMILES string of the molecule is Cc1c(Cl)cc(S(=O)(=O)NCCc2ccc(Cl)cc2)cc1C(=O)O. The highest BCUT2D eigenvalue weighted by Crippen LogP contribution is 2.24. The Morgan fingerprint density at radius 2 is 1.79 bits per heavy atom. The quantitative estimate of drug-likeness (QED) is 0.793. The van der Waals surface area contributed by atoms with Gasteiger partial charge in [0.1, 0.15) is 0 Å². The van der Waals surface area contributed by atoms with Crippen molar-refractivity contribution in [3.05, 3.63) is 63.1 Å². The van der Waals surface area contributed by atoms with Gasteiger partial charge in [-0.3, -0.25) is 0 Å². The van der Waals surface area contributed by atoms with Gasteiger partial charge in [0.05, 0.1) is 10.5 Å². The average Bonchev–Trinajstić information content (AvgIpc) is 2.51. The van der Waals surface area contributed by atoms with Gasteiger partial charge in [-0.05, 0) is 48.7 Å². The lowest BCUT2D eigenvalue weighted by Gasteiger charge is -2.10. The maximum atomic E-state index is 12.3. The fourth-order valence-corrected chi connectivity index (χ4v) is 3.59. The fraction of sp³-hybridized carbons (Fsp3) is 0.188. The second-order valence-electron chi connectivity index (χ2n) is 5.16. The lowest BCUT2D eigenvalue weighted by molar-refractivity contribution is 0.0696. The van der Waals surface area contributed by atoms with Crippen LogP contribution >= 0.6 is 23.2 Å². The van der Waals surface area contributed by atoms with Gasteiger partial charge in [-0.25, -0.2) is 17.9 Å². The molecule has 8 heteroatoms. The van der Waals surface area contributed by atoms with Crippen LogP contribution in [0.25, 0.3) is 0 Å². The van der Waals surface area contributed by atoms with Crippen LogP contribution in [0.1, 0.15) is 21.5 Å². The van der Waals surface area contributed by atoms with Crippen molar-refractivity contribution in [2.75, 3.05) is 6.54 Å². The number of halogens is 2. The van der Waals surface area contributed by atoms with Gasteiger partial charge < -0.3 is 5.11 Å². The molecule has 2 rings (SSSR count). The van der Waals surface area contributed by atoms with E-state index in [0.717, 1.165) is 11.6 Å². The molecular formula is C16H15Cl2NO4S. The molecule has 0 radical (unpaired) electrons. The zero-order valence-electron chi connectivity index (χ0n) is 12.7. The number of rotatable bonds is 6. The van der Waals surface area contributed by atoms with Crippen molar-refractivity contribution in [3.8, 4) is 0 Å². The number of nitrogens with one attached hydrogen (secondary N) is 1. The molecule has 2 N–H and O–H groups in total. The van der Waals surface area contributed by atoms with Gasteiger partial charge in [-0.1, -0.05) is 35.3 Å². The van der Waals surface area contributed by atoms with Gasteiger partial charge in [0.2, 0.25) is 10.0 Å². The molecule has 0 amide bonds. The van der Waals surface area contributed by atoms with Gasteiger partial charge in [-0.15, -0.1) is 0 Å². The summed E-state index contributed by atoms with van der Waals surface area (Å²) in [6, 6.07) is 9.42. The van der Waals surface area contributed by atoms with E-state index in [1.54, 1.807) is 12.1 Å². The maximum Gasteiger partial charge on any atom is 0.336 e. The van der Waals surface area contributed by atoms with Crippen LogP contribution in [0.4, 0.5) is 0 Å². The standard InChI is InChI=1S/C16H15Cl2NO4S/c1-10-14(16(20)21)8-13(9-15(10)18)24(22,23)19-7-6-11-2-4-12(17)5-3-11/h2-5,8-9,19H,6-7H2,1H3,(H,20,21). The van der Waals surface area contributed by atoms with E-state index >= 15 is 0 Å². The first-order chi connectivity index (χ1) is 11.2. The van der Waals surface area contributed by atoms with Gasteiger partial charge in [-0.2, -0.15) is 0 Å². The third-order valence-electron chi connectivity index (χ3n) is 3.48. The van der Waals surface area contributed by atoms with Crippen LogP contribution < -0.4 is 4.72 Å². The van der Waals surface area contributed by atoms with Crippen molar-refractivity contribution < 1.29 is 18.3 Å². The molecular weight excluding hydrogens is 373 g/mol. The van der Waals surface area contributed by atoms with Crippen LogP contribution in [0.3, 0.4) is 0 Å². The number of benzene rings is 2. The lowest BCUT2D eigenvalue weighted by Crippen LogP contribution is -2.26. The summed E-state index contributed by atoms with van der Waals surface area (Å²) < 4.78 is 27.1. The van der Waals surface area contributed by atoms with Gasteiger partial charge >= 0.3 is 5.97 Å². The Labute approximate surface area is 150 Å². The Balaban J connectivity index is 2.15. The van der Waals surface area contributed by atoms with Crippen molar-refractivity contribution in [2.45, 2.75) is 18.2 Å².